The molecule has 5 heteroatoms. The zero-order valence-electron chi connectivity index (χ0n) is 12.8. The first kappa shape index (κ1) is 14.9. The first-order valence-electron chi connectivity index (χ1n) is 7.23. The molecule has 1 N–H and O–H groups in total. The molecule has 1 aliphatic heterocycles. The molecule has 0 aliphatic carbocycles. The van der Waals surface area contributed by atoms with Gasteiger partial charge in [0, 0.05) is 38.1 Å². The number of anilines is 1. The van der Waals surface area contributed by atoms with E-state index >= 15 is 0 Å². The molecule has 1 aromatic rings. The quantitative estimate of drug-likeness (QED) is 0.892. The molecular formula is C15H25N3O2. The molecule has 0 aromatic carbocycles. The van der Waals surface area contributed by atoms with Gasteiger partial charge in [-0.05, 0) is 39.8 Å². The number of aliphatic carboxylic acids is 1. The highest BCUT2D eigenvalue weighted by molar-refractivity contribution is 5.79. The smallest absolute Gasteiger partial charge is 0.326 e. The standard InChI is InChI=1S/C15H25N3O2/c1-11(2)17(4)10-12-5-6-14(15(19)20)18(12)13-7-8-16(3)9-13/h7-9,11-12,14H,5-6,10H2,1-4H3,(H,19,20). The summed E-state index contributed by atoms with van der Waals surface area (Å²) >= 11 is 0. The van der Waals surface area contributed by atoms with Gasteiger partial charge in [0.2, 0.25) is 0 Å². The van der Waals surface area contributed by atoms with Crippen LogP contribution in [0, 0.1) is 0 Å². The highest BCUT2D eigenvalue weighted by atomic mass is 16.4. The van der Waals surface area contributed by atoms with Crippen LogP contribution in [0.2, 0.25) is 0 Å². The minimum atomic E-state index is -0.719. The van der Waals surface area contributed by atoms with Gasteiger partial charge in [-0.25, -0.2) is 4.79 Å². The molecule has 1 fully saturated rings. The monoisotopic (exact) mass is 279 g/mol. The summed E-state index contributed by atoms with van der Waals surface area (Å²) in [5, 5.41) is 9.45. The van der Waals surface area contributed by atoms with Crippen molar-refractivity contribution in [2.75, 3.05) is 18.5 Å². The van der Waals surface area contributed by atoms with Crippen molar-refractivity contribution >= 4 is 11.7 Å². The summed E-state index contributed by atoms with van der Waals surface area (Å²) in [5.74, 6) is -0.719. The van der Waals surface area contributed by atoms with Crippen LogP contribution < -0.4 is 4.90 Å². The lowest BCUT2D eigenvalue weighted by molar-refractivity contribution is -0.138. The van der Waals surface area contributed by atoms with E-state index in [-0.39, 0.29) is 6.04 Å². The fraction of sp³-hybridized carbons (Fsp3) is 0.667. The van der Waals surface area contributed by atoms with Crippen LogP contribution >= 0.6 is 0 Å². The molecular weight excluding hydrogens is 254 g/mol. The van der Waals surface area contributed by atoms with Crippen LogP contribution in [0.5, 0.6) is 0 Å². The van der Waals surface area contributed by atoms with Crippen LogP contribution in [-0.2, 0) is 11.8 Å². The van der Waals surface area contributed by atoms with Crippen molar-refractivity contribution in [3.05, 3.63) is 18.5 Å². The maximum atomic E-state index is 11.5. The molecule has 0 radical (unpaired) electrons. The fourth-order valence-electron chi connectivity index (χ4n) is 2.88. The molecule has 1 aliphatic rings. The topological polar surface area (TPSA) is 48.7 Å². The van der Waals surface area contributed by atoms with Crippen LogP contribution in [0.25, 0.3) is 0 Å². The van der Waals surface area contributed by atoms with E-state index in [4.69, 9.17) is 0 Å². The number of aryl methyl sites for hydroxylation is 1. The van der Waals surface area contributed by atoms with E-state index in [1.54, 1.807) is 0 Å². The number of aromatic nitrogens is 1. The second kappa shape index (κ2) is 5.87. The van der Waals surface area contributed by atoms with Crippen LogP contribution in [-0.4, -0.2) is 52.3 Å². The van der Waals surface area contributed by atoms with Crippen LogP contribution in [0.3, 0.4) is 0 Å². The molecule has 20 heavy (non-hydrogen) atoms. The summed E-state index contributed by atoms with van der Waals surface area (Å²) in [5.41, 5.74) is 1.01. The summed E-state index contributed by atoms with van der Waals surface area (Å²) in [4.78, 5) is 15.9. The Morgan fingerprint density at radius 3 is 2.70 bits per heavy atom. The van der Waals surface area contributed by atoms with E-state index in [1.807, 2.05) is 30.1 Å². The molecule has 112 valence electrons. The van der Waals surface area contributed by atoms with Gasteiger partial charge >= 0.3 is 5.97 Å². The summed E-state index contributed by atoms with van der Waals surface area (Å²) in [6.45, 7) is 5.23. The van der Waals surface area contributed by atoms with E-state index in [0.717, 1.165) is 25.1 Å². The van der Waals surface area contributed by atoms with E-state index in [2.05, 4.69) is 30.7 Å². The lowest BCUT2D eigenvalue weighted by Crippen LogP contribution is -2.46. The van der Waals surface area contributed by atoms with Gasteiger partial charge in [-0.3, -0.25) is 0 Å². The minimum Gasteiger partial charge on any atom is -0.480 e. The molecule has 0 spiro atoms. The Morgan fingerprint density at radius 1 is 1.50 bits per heavy atom. The number of nitrogens with zero attached hydrogens (tertiary/aromatic N) is 3. The predicted molar refractivity (Wildman–Crippen MR) is 80.1 cm³/mol. The van der Waals surface area contributed by atoms with E-state index in [0.29, 0.717) is 6.04 Å². The van der Waals surface area contributed by atoms with Crippen molar-refractivity contribution in [3.8, 4) is 0 Å². The summed E-state index contributed by atoms with van der Waals surface area (Å²) in [6, 6.07) is 2.34. The van der Waals surface area contributed by atoms with Crippen molar-refractivity contribution in [1.29, 1.82) is 0 Å². The third-order valence-corrected chi connectivity index (χ3v) is 4.28. The van der Waals surface area contributed by atoms with Gasteiger partial charge in [-0.15, -0.1) is 0 Å². The predicted octanol–water partition coefficient (Wildman–Crippen LogP) is 1.79. The van der Waals surface area contributed by atoms with Crippen LogP contribution in [0.1, 0.15) is 26.7 Å². The van der Waals surface area contributed by atoms with Gasteiger partial charge in [-0.1, -0.05) is 0 Å². The number of rotatable bonds is 5. The first-order valence-corrected chi connectivity index (χ1v) is 7.23. The molecule has 0 amide bonds. The van der Waals surface area contributed by atoms with E-state index in [1.165, 1.54) is 0 Å². The molecule has 1 aromatic heterocycles. The summed E-state index contributed by atoms with van der Waals surface area (Å²) < 4.78 is 1.97. The molecule has 2 rings (SSSR count). The first-order chi connectivity index (χ1) is 9.40. The average Bonchev–Trinajstić information content (AvgIpc) is 2.95. The molecule has 0 bridgehead atoms. The fourth-order valence-corrected chi connectivity index (χ4v) is 2.88. The Balaban J connectivity index is 2.21. The van der Waals surface area contributed by atoms with Gasteiger partial charge in [-0.2, -0.15) is 0 Å². The second-order valence-corrected chi connectivity index (χ2v) is 6.06. The van der Waals surface area contributed by atoms with E-state index in [9.17, 15) is 9.90 Å². The SMILES string of the molecule is CC(C)N(C)CC1CCC(C(=O)O)N1c1ccn(C)c1. The molecule has 2 heterocycles. The number of hydrogen-bond donors (Lipinski definition) is 1. The maximum absolute atomic E-state index is 11.5. The van der Waals surface area contributed by atoms with Gasteiger partial charge in [0.25, 0.3) is 0 Å². The Kier molecular flexibility index (Phi) is 4.38. The zero-order chi connectivity index (χ0) is 14.9. The van der Waals surface area contributed by atoms with Gasteiger partial charge in [0.1, 0.15) is 6.04 Å². The highest BCUT2D eigenvalue weighted by Gasteiger charge is 2.38. The van der Waals surface area contributed by atoms with Gasteiger partial charge in [0.15, 0.2) is 0 Å². The minimum absolute atomic E-state index is 0.269. The number of hydrogen-bond acceptors (Lipinski definition) is 3. The Morgan fingerprint density at radius 2 is 2.20 bits per heavy atom. The van der Waals surface area contributed by atoms with Crippen molar-refractivity contribution in [2.45, 2.75) is 44.8 Å². The van der Waals surface area contributed by atoms with Gasteiger partial charge < -0.3 is 19.5 Å². The third-order valence-electron chi connectivity index (χ3n) is 4.28. The molecule has 2 atom stereocenters. The third kappa shape index (κ3) is 2.98. The number of likely N-dealkylation sites (N-methyl/N-ethyl adjacent to an activating group) is 1. The van der Waals surface area contributed by atoms with Gasteiger partial charge in [0.05, 0.1) is 5.69 Å². The average molecular weight is 279 g/mol. The number of carboxylic acid groups (broad SMARTS) is 1. The second-order valence-electron chi connectivity index (χ2n) is 6.06. The molecule has 5 nitrogen and oxygen atoms in total. The lowest BCUT2D eigenvalue weighted by Gasteiger charge is -2.33. The van der Waals surface area contributed by atoms with Crippen molar-refractivity contribution < 1.29 is 9.90 Å². The maximum Gasteiger partial charge on any atom is 0.326 e. The Bertz CT molecular complexity index is 469. The zero-order valence-corrected chi connectivity index (χ0v) is 12.8. The number of carbonyl (C=O) groups is 1. The highest BCUT2D eigenvalue weighted by Crippen LogP contribution is 2.31. The largest absolute Gasteiger partial charge is 0.480 e. The van der Waals surface area contributed by atoms with Crippen molar-refractivity contribution in [2.24, 2.45) is 7.05 Å². The van der Waals surface area contributed by atoms with Crippen LogP contribution in [0.4, 0.5) is 5.69 Å². The summed E-state index contributed by atoms with van der Waals surface area (Å²) in [6.07, 6.45) is 5.63. The van der Waals surface area contributed by atoms with Crippen molar-refractivity contribution in [3.63, 3.8) is 0 Å². The lowest BCUT2D eigenvalue weighted by atomic mass is 10.2. The van der Waals surface area contributed by atoms with E-state index < -0.39 is 12.0 Å². The van der Waals surface area contributed by atoms with Crippen molar-refractivity contribution in [1.82, 2.24) is 9.47 Å². The Labute approximate surface area is 120 Å². The Hall–Kier alpha value is -1.49. The molecule has 1 saturated heterocycles. The van der Waals surface area contributed by atoms with Crippen LogP contribution in [0.15, 0.2) is 18.5 Å². The molecule has 0 saturated carbocycles. The number of carboxylic acids is 1. The normalized spacial score (nSPS) is 23.0. The molecule has 2 unspecified atom stereocenters. The summed E-state index contributed by atoms with van der Waals surface area (Å²) in [7, 11) is 4.06.